The lowest BCUT2D eigenvalue weighted by Crippen LogP contribution is -2.40. The number of carbonyl (C=O) groups is 1. The Balaban J connectivity index is 2.56. The molecule has 0 aromatic heterocycles. The molecule has 0 aromatic rings. The minimum atomic E-state index is -0.677. The third-order valence-corrected chi connectivity index (χ3v) is 5.19. The van der Waals surface area contributed by atoms with E-state index in [0.717, 1.165) is 32.1 Å². The predicted octanol–water partition coefficient (Wildman–Crippen LogP) is 3.46. The fourth-order valence-corrected chi connectivity index (χ4v) is 2.44. The van der Waals surface area contributed by atoms with E-state index in [1.54, 1.807) is 0 Å². The van der Waals surface area contributed by atoms with Gasteiger partial charge in [-0.05, 0) is 58.8 Å². The summed E-state index contributed by atoms with van der Waals surface area (Å²) in [6.07, 6.45) is 4.50. The van der Waals surface area contributed by atoms with E-state index < -0.39 is 9.02 Å². The maximum atomic E-state index is 12.0. The van der Waals surface area contributed by atoms with E-state index in [0.29, 0.717) is 0 Å². The molecule has 3 atom stereocenters. The third-order valence-electron chi connectivity index (χ3n) is 3.99. The molecule has 18 heavy (non-hydrogen) atoms. The molecule has 1 N–H and O–H groups in total. The number of hydrogen-bond acceptors (Lipinski definition) is 3. The standard InChI is InChI=1S/C14H25IO3/c1-5-14(4,15)12(16)18-11-8-6-7-10(9-11)13(2,3)17/h10-11,17H,5-9H2,1-4H3. The Morgan fingerprint density at radius 3 is 2.50 bits per heavy atom. The number of hydrogen-bond donors (Lipinski definition) is 1. The van der Waals surface area contributed by atoms with E-state index in [4.69, 9.17) is 4.74 Å². The number of ether oxygens (including phenoxy) is 1. The summed E-state index contributed by atoms with van der Waals surface area (Å²) in [6.45, 7) is 7.59. The fourth-order valence-electron chi connectivity index (χ4n) is 2.31. The molecule has 0 aliphatic heterocycles. The molecule has 106 valence electrons. The summed E-state index contributed by atoms with van der Waals surface area (Å²) in [5, 5.41) is 10.1. The maximum Gasteiger partial charge on any atom is 0.322 e. The average Bonchev–Trinajstić information content (AvgIpc) is 2.28. The highest BCUT2D eigenvalue weighted by molar-refractivity contribution is 14.1. The van der Waals surface area contributed by atoms with Crippen molar-refractivity contribution in [2.45, 2.75) is 74.9 Å². The fraction of sp³-hybridized carbons (Fsp3) is 0.929. The van der Waals surface area contributed by atoms with Gasteiger partial charge >= 0.3 is 5.97 Å². The van der Waals surface area contributed by atoms with Crippen molar-refractivity contribution < 1.29 is 14.6 Å². The van der Waals surface area contributed by atoms with Gasteiger partial charge in [0.25, 0.3) is 0 Å². The topological polar surface area (TPSA) is 46.5 Å². The Morgan fingerprint density at radius 2 is 2.00 bits per heavy atom. The summed E-state index contributed by atoms with van der Waals surface area (Å²) in [4.78, 5) is 12.0. The zero-order valence-electron chi connectivity index (χ0n) is 11.8. The predicted molar refractivity (Wildman–Crippen MR) is 80.9 cm³/mol. The van der Waals surface area contributed by atoms with Crippen LogP contribution < -0.4 is 0 Å². The molecule has 0 heterocycles. The monoisotopic (exact) mass is 368 g/mol. The van der Waals surface area contributed by atoms with Gasteiger partial charge in [0, 0.05) is 0 Å². The van der Waals surface area contributed by atoms with E-state index in [9.17, 15) is 9.90 Å². The Kier molecular flexibility index (Phi) is 5.47. The molecule has 0 spiro atoms. The average molecular weight is 368 g/mol. The molecular weight excluding hydrogens is 343 g/mol. The van der Waals surface area contributed by atoms with Crippen molar-refractivity contribution >= 4 is 28.6 Å². The lowest BCUT2D eigenvalue weighted by atomic mass is 9.77. The van der Waals surface area contributed by atoms with Crippen molar-refractivity contribution in [3.63, 3.8) is 0 Å². The van der Waals surface area contributed by atoms with Crippen LogP contribution in [0.25, 0.3) is 0 Å². The SMILES string of the molecule is CCC(C)(I)C(=O)OC1CCCC(C(C)(C)O)C1. The van der Waals surface area contributed by atoms with Gasteiger partial charge in [-0.15, -0.1) is 0 Å². The second-order valence-electron chi connectivity index (χ2n) is 6.10. The first kappa shape index (κ1) is 16.2. The molecule has 0 aromatic carbocycles. The van der Waals surface area contributed by atoms with Crippen LogP contribution in [-0.2, 0) is 9.53 Å². The van der Waals surface area contributed by atoms with Crippen LogP contribution in [0, 0.1) is 5.92 Å². The van der Waals surface area contributed by atoms with Crippen LogP contribution in [0.4, 0.5) is 0 Å². The van der Waals surface area contributed by atoms with Gasteiger partial charge in [-0.2, -0.15) is 0 Å². The van der Waals surface area contributed by atoms with Crippen molar-refractivity contribution in [3.05, 3.63) is 0 Å². The van der Waals surface area contributed by atoms with Gasteiger partial charge in [-0.1, -0.05) is 29.5 Å². The molecule has 0 radical (unpaired) electrons. The number of rotatable bonds is 4. The van der Waals surface area contributed by atoms with Gasteiger partial charge in [0.1, 0.15) is 9.53 Å². The number of aliphatic hydroxyl groups is 1. The Morgan fingerprint density at radius 1 is 1.39 bits per heavy atom. The lowest BCUT2D eigenvalue weighted by molar-refractivity contribution is -0.155. The van der Waals surface area contributed by atoms with Crippen molar-refractivity contribution in [3.8, 4) is 0 Å². The molecule has 1 aliphatic carbocycles. The van der Waals surface area contributed by atoms with Crippen molar-refractivity contribution in [2.24, 2.45) is 5.92 Å². The van der Waals surface area contributed by atoms with Crippen LogP contribution in [0.15, 0.2) is 0 Å². The van der Waals surface area contributed by atoms with Crippen molar-refractivity contribution in [1.82, 2.24) is 0 Å². The molecular formula is C14H25IO3. The highest BCUT2D eigenvalue weighted by atomic mass is 127. The highest BCUT2D eigenvalue weighted by Gasteiger charge is 2.36. The first-order valence-corrected chi connectivity index (χ1v) is 7.87. The van der Waals surface area contributed by atoms with Crippen molar-refractivity contribution in [1.29, 1.82) is 0 Å². The van der Waals surface area contributed by atoms with E-state index >= 15 is 0 Å². The van der Waals surface area contributed by atoms with Gasteiger partial charge in [0.2, 0.25) is 0 Å². The molecule has 3 unspecified atom stereocenters. The van der Waals surface area contributed by atoms with Gasteiger partial charge in [0.15, 0.2) is 0 Å². The second-order valence-corrected chi connectivity index (χ2v) is 8.48. The van der Waals surface area contributed by atoms with Crippen LogP contribution >= 0.6 is 22.6 Å². The summed E-state index contributed by atoms with van der Waals surface area (Å²) in [5.41, 5.74) is -0.677. The Bertz CT molecular complexity index is 294. The summed E-state index contributed by atoms with van der Waals surface area (Å²) in [6, 6.07) is 0. The molecule has 4 heteroatoms. The minimum Gasteiger partial charge on any atom is -0.461 e. The van der Waals surface area contributed by atoms with Crippen molar-refractivity contribution in [2.75, 3.05) is 0 Å². The van der Waals surface area contributed by atoms with E-state index in [1.165, 1.54) is 0 Å². The maximum absolute atomic E-state index is 12.0. The van der Waals surface area contributed by atoms with Crippen LogP contribution in [0.3, 0.4) is 0 Å². The van der Waals surface area contributed by atoms with E-state index in [-0.39, 0.29) is 18.0 Å². The molecule has 1 rings (SSSR count). The largest absolute Gasteiger partial charge is 0.461 e. The molecule has 3 nitrogen and oxygen atoms in total. The molecule has 0 saturated heterocycles. The summed E-state index contributed by atoms with van der Waals surface area (Å²) < 4.78 is 5.18. The zero-order chi connectivity index (χ0) is 14.0. The zero-order valence-corrected chi connectivity index (χ0v) is 14.0. The first-order chi connectivity index (χ1) is 8.16. The molecule has 1 saturated carbocycles. The Labute approximate surface area is 124 Å². The molecule has 0 bridgehead atoms. The third kappa shape index (κ3) is 4.37. The van der Waals surface area contributed by atoms with Gasteiger partial charge in [-0.25, -0.2) is 0 Å². The van der Waals surface area contributed by atoms with E-state index in [2.05, 4.69) is 22.6 Å². The summed E-state index contributed by atoms with van der Waals surface area (Å²) >= 11 is 2.16. The van der Waals surface area contributed by atoms with E-state index in [1.807, 2.05) is 27.7 Å². The first-order valence-electron chi connectivity index (χ1n) is 6.79. The van der Waals surface area contributed by atoms with Crippen LogP contribution in [0.1, 0.15) is 59.8 Å². The summed E-state index contributed by atoms with van der Waals surface area (Å²) in [7, 11) is 0. The smallest absolute Gasteiger partial charge is 0.322 e. The van der Waals surface area contributed by atoms with Gasteiger partial charge < -0.3 is 9.84 Å². The van der Waals surface area contributed by atoms with Crippen LogP contribution in [0.5, 0.6) is 0 Å². The van der Waals surface area contributed by atoms with Crippen LogP contribution in [0.2, 0.25) is 0 Å². The summed E-state index contributed by atoms with van der Waals surface area (Å²) in [5.74, 6) is 0.109. The normalized spacial score (nSPS) is 28.6. The number of alkyl halides is 1. The number of halogens is 1. The van der Waals surface area contributed by atoms with Crippen LogP contribution in [-0.4, -0.2) is 26.2 Å². The molecule has 0 amide bonds. The molecule has 1 fully saturated rings. The number of carbonyl (C=O) groups excluding carboxylic acids is 1. The quantitative estimate of drug-likeness (QED) is 0.470. The van der Waals surface area contributed by atoms with Gasteiger partial charge in [-0.3, -0.25) is 4.79 Å². The van der Waals surface area contributed by atoms with Gasteiger partial charge in [0.05, 0.1) is 5.60 Å². The second kappa shape index (κ2) is 6.07. The Hall–Kier alpha value is 0.160. The lowest BCUT2D eigenvalue weighted by Gasteiger charge is -2.36. The highest BCUT2D eigenvalue weighted by Crippen LogP contribution is 2.35. The number of esters is 1. The minimum absolute atomic E-state index is 0.0247. The molecule has 1 aliphatic rings.